The molecule has 0 spiro atoms. The Labute approximate surface area is 96.1 Å². The van der Waals surface area contributed by atoms with Crippen molar-refractivity contribution in [2.45, 2.75) is 13.3 Å². The molecule has 1 N–H and O–H groups in total. The number of likely N-dealkylation sites (N-methyl/N-ethyl adjacent to an activating group) is 1. The van der Waals surface area contributed by atoms with Crippen molar-refractivity contribution >= 4 is 10.8 Å². The molecule has 0 saturated carbocycles. The van der Waals surface area contributed by atoms with E-state index < -0.39 is 0 Å². The van der Waals surface area contributed by atoms with Gasteiger partial charge in [-0.15, -0.1) is 0 Å². The third kappa shape index (κ3) is 2.40. The van der Waals surface area contributed by atoms with Gasteiger partial charge in [0.25, 0.3) is 0 Å². The molecule has 0 bridgehead atoms. The Morgan fingerprint density at radius 2 is 1.75 bits per heavy atom. The van der Waals surface area contributed by atoms with Gasteiger partial charge in [0.05, 0.1) is 0 Å². The number of nitrogens with zero attached hydrogens (tertiary/aromatic N) is 1. The molecular formula is C14H17NO. The van der Waals surface area contributed by atoms with Gasteiger partial charge in [-0.1, -0.05) is 36.4 Å². The lowest BCUT2D eigenvalue weighted by Crippen LogP contribution is -2.16. The van der Waals surface area contributed by atoms with E-state index in [1.807, 2.05) is 0 Å². The second-order valence-electron chi connectivity index (χ2n) is 4.26. The average Bonchev–Trinajstić information content (AvgIpc) is 2.26. The van der Waals surface area contributed by atoms with Gasteiger partial charge in [-0.25, -0.2) is 0 Å². The molecule has 0 atom stereocenters. The summed E-state index contributed by atoms with van der Waals surface area (Å²) in [5.74, 6) is 0. The average molecular weight is 215 g/mol. The number of rotatable bonds is 3. The van der Waals surface area contributed by atoms with E-state index in [1.54, 1.807) is 7.05 Å². The zero-order chi connectivity index (χ0) is 11.5. The Morgan fingerprint density at radius 3 is 2.38 bits per heavy atom. The fraction of sp³-hybridized carbons (Fsp3) is 0.286. The molecule has 0 radical (unpaired) electrons. The second kappa shape index (κ2) is 4.64. The van der Waals surface area contributed by atoms with Crippen LogP contribution >= 0.6 is 0 Å². The van der Waals surface area contributed by atoms with Crippen molar-refractivity contribution in [2.24, 2.45) is 0 Å². The highest BCUT2D eigenvalue weighted by molar-refractivity contribution is 5.84. The fourth-order valence-corrected chi connectivity index (χ4v) is 1.95. The van der Waals surface area contributed by atoms with E-state index in [2.05, 4.69) is 43.3 Å². The minimum Gasteiger partial charge on any atom is -0.314 e. The van der Waals surface area contributed by atoms with Crippen molar-refractivity contribution in [3.63, 3.8) is 0 Å². The third-order valence-electron chi connectivity index (χ3n) is 2.91. The highest BCUT2D eigenvalue weighted by Crippen LogP contribution is 2.19. The van der Waals surface area contributed by atoms with Crippen LogP contribution in [0.25, 0.3) is 10.8 Å². The number of benzene rings is 2. The smallest absolute Gasteiger partial charge is 0.0275 e. The minimum absolute atomic E-state index is 0.666. The van der Waals surface area contributed by atoms with Crippen LogP contribution in [-0.2, 0) is 6.42 Å². The highest BCUT2D eigenvalue weighted by Gasteiger charge is 2.02. The summed E-state index contributed by atoms with van der Waals surface area (Å²) in [4.78, 5) is 0. The summed E-state index contributed by atoms with van der Waals surface area (Å²) in [5.41, 5.74) is 2.60. The fourth-order valence-electron chi connectivity index (χ4n) is 1.95. The van der Waals surface area contributed by atoms with E-state index in [0.29, 0.717) is 6.54 Å². The van der Waals surface area contributed by atoms with Gasteiger partial charge in [0.2, 0.25) is 0 Å². The maximum absolute atomic E-state index is 9.15. The summed E-state index contributed by atoms with van der Waals surface area (Å²) in [6.07, 6.45) is 0.879. The van der Waals surface area contributed by atoms with Gasteiger partial charge in [-0.3, -0.25) is 0 Å². The van der Waals surface area contributed by atoms with Crippen LogP contribution in [0, 0.1) is 6.92 Å². The lowest BCUT2D eigenvalue weighted by atomic mass is 10.00. The van der Waals surface area contributed by atoms with Crippen LogP contribution in [0.4, 0.5) is 0 Å². The van der Waals surface area contributed by atoms with Gasteiger partial charge in [-0.2, -0.15) is 5.06 Å². The van der Waals surface area contributed by atoms with Gasteiger partial charge in [0.1, 0.15) is 0 Å². The van der Waals surface area contributed by atoms with Crippen molar-refractivity contribution in [2.75, 3.05) is 13.6 Å². The summed E-state index contributed by atoms with van der Waals surface area (Å²) in [7, 11) is 1.68. The topological polar surface area (TPSA) is 23.5 Å². The molecule has 0 amide bonds. The van der Waals surface area contributed by atoms with Crippen molar-refractivity contribution in [3.8, 4) is 0 Å². The Bertz CT molecular complexity index is 491. The van der Waals surface area contributed by atoms with E-state index in [1.165, 1.54) is 27.0 Å². The minimum atomic E-state index is 0.666. The number of fused-ring (bicyclic) bond motifs is 1. The number of hydrogen-bond acceptors (Lipinski definition) is 2. The van der Waals surface area contributed by atoms with Crippen LogP contribution in [-0.4, -0.2) is 23.9 Å². The molecule has 0 fully saturated rings. The summed E-state index contributed by atoms with van der Waals surface area (Å²) in [6, 6.07) is 12.8. The van der Waals surface area contributed by atoms with Crippen LogP contribution in [0.3, 0.4) is 0 Å². The van der Waals surface area contributed by atoms with Crippen LogP contribution in [0.1, 0.15) is 11.1 Å². The predicted molar refractivity (Wildman–Crippen MR) is 66.8 cm³/mol. The third-order valence-corrected chi connectivity index (χ3v) is 2.91. The quantitative estimate of drug-likeness (QED) is 0.795. The largest absolute Gasteiger partial charge is 0.314 e. The van der Waals surface area contributed by atoms with E-state index in [0.717, 1.165) is 6.42 Å². The van der Waals surface area contributed by atoms with Gasteiger partial charge < -0.3 is 5.21 Å². The molecule has 0 saturated heterocycles. The first kappa shape index (κ1) is 11.1. The van der Waals surface area contributed by atoms with Gasteiger partial charge in [-0.05, 0) is 35.2 Å². The SMILES string of the molecule is Cc1cc2ccccc2cc1CCN(C)O. The lowest BCUT2D eigenvalue weighted by molar-refractivity contribution is -0.0634. The van der Waals surface area contributed by atoms with Gasteiger partial charge in [0, 0.05) is 13.6 Å². The molecule has 0 aliphatic rings. The standard InChI is InChI=1S/C14H17NO/c1-11-9-13-5-3-4-6-14(13)10-12(11)7-8-15(2)16/h3-6,9-10,16H,7-8H2,1-2H3. The van der Waals surface area contributed by atoms with Crippen molar-refractivity contribution in [1.29, 1.82) is 0 Å². The Morgan fingerprint density at radius 1 is 1.12 bits per heavy atom. The second-order valence-corrected chi connectivity index (χ2v) is 4.26. The zero-order valence-corrected chi connectivity index (χ0v) is 9.77. The summed E-state index contributed by atoms with van der Waals surface area (Å²) >= 11 is 0. The lowest BCUT2D eigenvalue weighted by Gasteiger charge is -2.11. The molecule has 16 heavy (non-hydrogen) atoms. The van der Waals surface area contributed by atoms with Crippen molar-refractivity contribution < 1.29 is 5.21 Å². The molecule has 0 heterocycles. The highest BCUT2D eigenvalue weighted by atomic mass is 16.5. The number of hydroxylamine groups is 2. The summed E-state index contributed by atoms with van der Waals surface area (Å²) in [5, 5.41) is 12.9. The normalized spacial score (nSPS) is 11.2. The molecule has 0 aromatic heterocycles. The van der Waals surface area contributed by atoms with Crippen molar-refractivity contribution in [1.82, 2.24) is 5.06 Å². The maximum atomic E-state index is 9.15. The number of hydrogen-bond donors (Lipinski definition) is 1. The zero-order valence-electron chi connectivity index (χ0n) is 9.77. The Balaban J connectivity index is 2.34. The molecule has 2 rings (SSSR count). The molecule has 84 valence electrons. The Kier molecular flexibility index (Phi) is 3.22. The van der Waals surface area contributed by atoms with E-state index in [9.17, 15) is 0 Å². The first-order chi connectivity index (χ1) is 7.66. The first-order valence-electron chi connectivity index (χ1n) is 5.55. The molecule has 2 nitrogen and oxygen atoms in total. The van der Waals surface area contributed by atoms with Crippen LogP contribution in [0.15, 0.2) is 36.4 Å². The van der Waals surface area contributed by atoms with E-state index >= 15 is 0 Å². The van der Waals surface area contributed by atoms with Crippen molar-refractivity contribution in [3.05, 3.63) is 47.5 Å². The molecular weight excluding hydrogens is 198 g/mol. The molecule has 0 unspecified atom stereocenters. The first-order valence-corrected chi connectivity index (χ1v) is 5.55. The van der Waals surface area contributed by atoms with Crippen LogP contribution in [0.2, 0.25) is 0 Å². The molecule has 2 heteroatoms. The maximum Gasteiger partial charge on any atom is 0.0275 e. The van der Waals surface area contributed by atoms with Crippen LogP contribution in [0.5, 0.6) is 0 Å². The van der Waals surface area contributed by atoms with E-state index in [-0.39, 0.29) is 0 Å². The monoisotopic (exact) mass is 215 g/mol. The van der Waals surface area contributed by atoms with Gasteiger partial charge in [0.15, 0.2) is 0 Å². The predicted octanol–water partition coefficient (Wildman–Crippen LogP) is 3.01. The molecule has 0 aliphatic heterocycles. The van der Waals surface area contributed by atoms with Crippen LogP contribution < -0.4 is 0 Å². The molecule has 2 aromatic rings. The van der Waals surface area contributed by atoms with E-state index in [4.69, 9.17) is 5.21 Å². The molecule has 0 aliphatic carbocycles. The Hall–Kier alpha value is -1.38. The summed E-state index contributed by atoms with van der Waals surface area (Å²) in [6.45, 7) is 2.79. The number of aryl methyl sites for hydroxylation is 1. The van der Waals surface area contributed by atoms with Gasteiger partial charge >= 0.3 is 0 Å². The molecule has 2 aromatic carbocycles. The summed E-state index contributed by atoms with van der Waals surface area (Å²) < 4.78 is 0.